The molecule has 1 aliphatic carbocycles. The normalized spacial score (nSPS) is 19.6. The van der Waals surface area contributed by atoms with E-state index in [1.807, 2.05) is 6.07 Å². The van der Waals surface area contributed by atoms with Gasteiger partial charge in [0.15, 0.2) is 0 Å². The number of ether oxygens (including phenoxy) is 1. The fraction of sp³-hybridized carbons (Fsp3) is 0.409. The first-order valence-electron chi connectivity index (χ1n) is 10.6. The Morgan fingerprint density at radius 1 is 1.34 bits per heavy atom. The summed E-state index contributed by atoms with van der Waals surface area (Å²) in [7, 11) is 0. The summed E-state index contributed by atoms with van der Waals surface area (Å²) in [6, 6.07) is 4.68. The van der Waals surface area contributed by atoms with Gasteiger partial charge in [0, 0.05) is 12.0 Å². The van der Waals surface area contributed by atoms with Crippen molar-refractivity contribution >= 4 is 16.6 Å². The minimum absolute atomic E-state index is 0.118. The van der Waals surface area contributed by atoms with Crippen LogP contribution in [-0.2, 0) is 16.7 Å². The van der Waals surface area contributed by atoms with Crippen molar-refractivity contribution in [1.82, 2.24) is 24.1 Å². The average Bonchev–Trinajstić information content (AvgIpc) is 3.25. The van der Waals surface area contributed by atoms with Crippen LogP contribution >= 0.6 is 0 Å². The molecular formula is C22H19FN6O3. The third-order valence-electron chi connectivity index (χ3n) is 6.53. The molecule has 1 saturated carbocycles. The molecule has 1 saturated heterocycles. The Kier molecular flexibility index (Phi) is 4.01. The number of halogens is 1. The first-order chi connectivity index (χ1) is 15.5. The molecule has 4 aromatic rings. The Morgan fingerprint density at radius 2 is 2.19 bits per heavy atom. The van der Waals surface area contributed by atoms with Gasteiger partial charge in [-0.1, -0.05) is 12.1 Å². The van der Waals surface area contributed by atoms with E-state index in [-0.39, 0.29) is 40.5 Å². The molecule has 32 heavy (non-hydrogen) atoms. The maximum Gasteiger partial charge on any atom is 0.277 e. The number of rotatable bonds is 4. The summed E-state index contributed by atoms with van der Waals surface area (Å²) < 4.78 is 28.7. The van der Waals surface area contributed by atoms with E-state index in [1.54, 1.807) is 10.5 Å². The third-order valence-corrected chi connectivity index (χ3v) is 6.53. The average molecular weight is 434 g/mol. The number of fused-ring (bicyclic) bond motifs is 3. The molecule has 10 heteroatoms. The molecule has 6 rings (SSSR count). The molecule has 1 atom stereocenters. The second-order valence-electron chi connectivity index (χ2n) is 8.75. The highest BCUT2D eigenvalue weighted by Gasteiger charge is 2.44. The van der Waals surface area contributed by atoms with Crippen molar-refractivity contribution in [2.45, 2.75) is 50.7 Å². The molecular weight excluding hydrogens is 415 g/mol. The fourth-order valence-electron chi connectivity index (χ4n) is 4.39. The number of hydrogen-bond acceptors (Lipinski definition) is 7. The lowest BCUT2D eigenvalue weighted by atomic mass is 10.1. The zero-order chi connectivity index (χ0) is 22.0. The van der Waals surface area contributed by atoms with Gasteiger partial charge in [0.2, 0.25) is 11.7 Å². The molecule has 0 radical (unpaired) electrons. The number of nitriles is 1. The summed E-state index contributed by atoms with van der Waals surface area (Å²) in [5.74, 6) is 0.0852. The monoisotopic (exact) mass is 434 g/mol. The Bertz CT molecular complexity index is 1480. The topological polar surface area (TPSA) is 111 Å². The molecule has 9 nitrogen and oxygen atoms in total. The lowest BCUT2D eigenvalue weighted by Crippen LogP contribution is -2.29. The third kappa shape index (κ3) is 2.71. The van der Waals surface area contributed by atoms with Gasteiger partial charge in [-0.2, -0.15) is 10.2 Å². The number of benzene rings is 1. The molecule has 0 spiro atoms. The number of aromatic nitrogens is 5. The van der Waals surface area contributed by atoms with Crippen LogP contribution in [0.15, 0.2) is 27.8 Å². The zero-order valence-corrected chi connectivity index (χ0v) is 17.3. The van der Waals surface area contributed by atoms with E-state index >= 15 is 0 Å². The van der Waals surface area contributed by atoms with Gasteiger partial charge in [0.25, 0.3) is 5.56 Å². The van der Waals surface area contributed by atoms with Crippen LogP contribution in [0, 0.1) is 17.1 Å². The second kappa shape index (κ2) is 6.71. The van der Waals surface area contributed by atoms with Gasteiger partial charge in [0.05, 0.1) is 23.7 Å². The summed E-state index contributed by atoms with van der Waals surface area (Å²) in [6.07, 6.45) is 4.90. The second-order valence-corrected chi connectivity index (χ2v) is 8.75. The standard InChI is InChI=1S/C22H19FN6O3/c1-22(6-7-22)21-26-19(27-32-21)16-18-20(30)28(10-12-3-2-8-31-12)17-13(9-24)14(23)4-5-15(17)29(18)11-25-16/h4-5,11-12H,2-3,6-8,10H2,1H3. The highest BCUT2D eigenvalue weighted by Crippen LogP contribution is 2.47. The van der Waals surface area contributed by atoms with Gasteiger partial charge >= 0.3 is 0 Å². The van der Waals surface area contributed by atoms with Crippen LogP contribution in [-0.4, -0.2) is 36.8 Å². The highest BCUT2D eigenvalue weighted by molar-refractivity contribution is 5.87. The van der Waals surface area contributed by atoms with Crippen LogP contribution in [0.1, 0.15) is 44.1 Å². The van der Waals surface area contributed by atoms with E-state index in [4.69, 9.17) is 9.26 Å². The van der Waals surface area contributed by atoms with E-state index in [1.165, 1.54) is 17.0 Å². The van der Waals surface area contributed by atoms with Gasteiger partial charge in [-0.15, -0.1) is 0 Å². The molecule has 1 aromatic carbocycles. The maximum atomic E-state index is 14.5. The lowest BCUT2D eigenvalue weighted by molar-refractivity contribution is 0.0972. The summed E-state index contributed by atoms with van der Waals surface area (Å²) in [5.41, 5.74) is 0.548. The molecule has 2 fully saturated rings. The Morgan fingerprint density at radius 3 is 2.91 bits per heavy atom. The number of hydrogen-bond donors (Lipinski definition) is 0. The minimum Gasteiger partial charge on any atom is -0.376 e. The molecule has 162 valence electrons. The first kappa shape index (κ1) is 19.1. The van der Waals surface area contributed by atoms with Crippen molar-refractivity contribution < 1.29 is 13.7 Å². The SMILES string of the molecule is CC1(c2nc(-c3ncn4c3c(=O)n(CC3CCCO3)c3c(C#N)c(F)ccc34)no2)CC1. The molecule has 2 aliphatic rings. The van der Waals surface area contributed by atoms with Gasteiger partial charge in [0.1, 0.15) is 35.0 Å². The Balaban J connectivity index is 1.63. The van der Waals surface area contributed by atoms with Crippen molar-refractivity contribution in [3.8, 4) is 17.6 Å². The van der Waals surface area contributed by atoms with E-state index in [2.05, 4.69) is 22.0 Å². The molecule has 0 N–H and O–H groups in total. The summed E-state index contributed by atoms with van der Waals surface area (Å²) >= 11 is 0. The molecule has 0 bridgehead atoms. The van der Waals surface area contributed by atoms with E-state index in [0.29, 0.717) is 23.7 Å². The summed E-state index contributed by atoms with van der Waals surface area (Å²) in [5, 5.41) is 13.7. The molecule has 3 aromatic heterocycles. The van der Waals surface area contributed by atoms with E-state index in [9.17, 15) is 14.4 Å². The van der Waals surface area contributed by atoms with Crippen LogP contribution < -0.4 is 5.56 Å². The van der Waals surface area contributed by atoms with Crippen molar-refractivity contribution in [1.29, 1.82) is 5.26 Å². The van der Waals surface area contributed by atoms with Crippen LogP contribution in [0.5, 0.6) is 0 Å². The van der Waals surface area contributed by atoms with Gasteiger partial charge in [-0.05, 0) is 37.8 Å². The number of imidazole rings is 1. The minimum atomic E-state index is -0.680. The van der Waals surface area contributed by atoms with Crippen LogP contribution in [0.4, 0.5) is 4.39 Å². The fourth-order valence-corrected chi connectivity index (χ4v) is 4.39. The summed E-state index contributed by atoms with van der Waals surface area (Å²) in [6.45, 7) is 2.88. The smallest absolute Gasteiger partial charge is 0.277 e. The van der Waals surface area contributed by atoms with Crippen molar-refractivity contribution in [2.24, 2.45) is 0 Å². The quantitative estimate of drug-likeness (QED) is 0.485. The van der Waals surface area contributed by atoms with E-state index in [0.717, 1.165) is 25.7 Å². The van der Waals surface area contributed by atoms with Crippen LogP contribution in [0.25, 0.3) is 28.1 Å². The van der Waals surface area contributed by atoms with Crippen molar-refractivity contribution in [2.75, 3.05) is 6.61 Å². The van der Waals surface area contributed by atoms with Gasteiger partial charge in [-0.3, -0.25) is 9.20 Å². The first-order valence-corrected chi connectivity index (χ1v) is 10.6. The molecule has 0 amide bonds. The molecule has 1 unspecified atom stereocenters. The zero-order valence-electron chi connectivity index (χ0n) is 17.3. The van der Waals surface area contributed by atoms with Crippen LogP contribution in [0.3, 0.4) is 0 Å². The molecule has 1 aliphatic heterocycles. The number of nitrogens with zero attached hydrogens (tertiary/aromatic N) is 6. The highest BCUT2D eigenvalue weighted by atomic mass is 19.1. The summed E-state index contributed by atoms with van der Waals surface area (Å²) in [4.78, 5) is 22.6. The van der Waals surface area contributed by atoms with Crippen molar-refractivity contribution in [3.05, 3.63) is 46.1 Å². The van der Waals surface area contributed by atoms with Gasteiger partial charge in [-0.25, -0.2) is 9.37 Å². The lowest BCUT2D eigenvalue weighted by Gasteiger charge is -2.17. The van der Waals surface area contributed by atoms with E-state index < -0.39 is 11.4 Å². The predicted octanol–water partition coefficient (Wildman–Crippen LogP) is 2.94. The van der Waals surface area contributed by atoms with Gasteiger partial charge < -0.3 is 13.8 Å². The van der Waals surface area contributed by atoms with Crippen LogP contribution in [0.2, 0.25) is 0 Å². The maximum absolute atomic E-state index is 14.5. The van der Waals surface area contributed by atoms with Crippen molar-refractivity contribution in [3.63, 3.8) is 0 Å². The predicted molar refractivity (Wildman–Crippen MR) is 110 cm³/mol. The molecule has 4 heterocycles. The Labute approximate surface area is 181 Å². The Hall–Kier alpha value is -3.58. The largest absolute Gasteiger partial charge is 0.376 e.